The molecule has 1 unspecified atom stereocenters. The predicted octanol–water partition coefficient (Wildman–Crippen LogP) is 1.88. The van der Waals surface area contributed by atoms with Gasteiger partial charge in [-0.2, -0.15) is 8.42 Å². The van der Waals surface area contributed by atoms with Crippen molar-refractivity contribution < 1.29 is 21.4 Å². The lowest BCUT2D eigenvalue weighted by Crippen LogP contribution is -2.38. The van der Waals surface area contributed by atoms with Gasteiger partial charge in [0.05, 0.1) is 21.0 Å². The zero-order chi connectivity index (χ0) is 21.7. The largest absolute Gasteiger partial charge is 0.398 e. The van der Waals surface area contributed by atoms with E-state index in [1.807, 2.05) is 0 Å². The number of rotatable bonds is 4. The molecule has 154 valence electrons. The maximum absolute atomic E-state index is 13.7. The molecule has 0 aliphatic carbocycles. The molecule has 1 heterocycles. The van der Waals surface area contributed by atoms with E-state index >= 15 is 0 Å². The molecular weight excluding hydrogens is 448 g/mol. The standard InChI is InChI=1S/C20H15ClN2O5S2/c21-16-12-14(10-11-17(16)22)29(24,25)19-15-8-4-5-9-18(15)23-20(19,30(26,27)28)13-6-2-1-3-7-13/h1-12H,22H2,(H,26,27,28). The first-order chi connectivity index (χ1) is 14.1. The maximum Gasteiger partial charge on any atom is 0.300 e. The number of halogens is 1. The van der Waals surface area contributed by atoms with Gasteiger partial charge in [0, 0.05) is 10.8 Å². The molecule has 1 aliphatic rings. The summed E-state index contributed by atoms with van der Waals surface area (Å²) in [5.74, 6) is 0. The van der Waals surface area contributed by atoms with Crippen molar-refractivity contribution in [3.8, 4) is 0 Å². The second kappa shape index (κ2) is 6.92. The van der Waals surface area contributed by atoms with Crippen LogP contribution in [0.4, 0.5) is 5.69 Å². The average molecular weight is 463 g/mol. The van der Waals surface area contributed by atoms with Crippen molar-refractivity contribution in [3.63, 3.8) is 0 Å². The molecule has 1 atom stereocenters. The molecule has 3 aromatic rings. The lowest BCUT2D eigenvalue weighted by Gasteiger charge is -2.27. The molecule has 0 bridgehead atoms. The summed E-state index contributed by atoms with van der Waals surface area (Å²) in [6.07, 6.45) is 0. The first-order valence-electron chi connectivity index (χ1n) is 8.61. The molecule has 1 aliphatic heterocycles. The van der Waals surface area contributed by atoms with Crippen molar-refractivity contribution in [1.82, 2.24) is 0 Å². The number of hydrogen-bond donors (Lipinski definition) is 2. The van der Waals surface area contributed by atoms with E-state index < -0.39 is 29.7 Å². The van der Waals surface area contributed by atoms with Crippen molar-refractivity contribution in [2.75, 3.05) is 5.73 Å². The van der Waals surface area contributed by atoms with E-state index in [9.17, 15) is 21.4 Å². The number of nitrogen functional groups attached to an aromatic ring is 1. The molecule has 30 heavy (non-hydrogen) atoms. The van der Waals surface area contributed by atoms with Gasteiger partial charge in [-0.1, -0.05) is 60.1 Å². The van der Waals surface area contributed by atoms with Gasteiger partial charge in [-0.15, -0.1) is 0 Å². The van der Waals surface area contributed by atoms with Crippen LogP contribution in [-0.2, 0) is 24.8 Å². The molecule has 0 fully saturated rings. The number of para-hydroxylation sites is 1. The van der Waals surface area contributed by atoms with Crippen LogP contribution in [0.25, 0.3) is 4.91 Å². The highest BCUT2D eigenvalue weighted by atomic mass is 35.5. The van der Waals surface area contributed by atoms with Crippen LogP contribution in [-0.4, -0.2) is 21.4 Å². The van der Waals surface area contributed by atoms with E-state index in [4.69, 9.17) is 17.3 Å². The highest BCUT2D eigenvalue weighted by Crippen LogP contribution is 2.45. The van der Waals surface area contributed by atoms with Crippen LogP contribution in [0.2, 0.25) is 5.02 Å². The van der Waals surface area contributed by atoms with E-state index in [-0.39, 0.29) is 31.7 Å². The Morgan fingerprint density at radius 1 is 0.900 bits per heavy atom. The first-order valence-corrected chi connectivity index (χ1v) is 11.9. The Balaban J connectivity index is 2.19. The SMILES string of the molecule is Nc1ccc(S(=O)(=O)C2=c3ccccc3=NC2(c2ccccc2)S(=O)(=O)O)cc1Cl. The zero-order valence-corrected chi connectivity index (χ0v) is 17.6. The van der Waals surface area contributed by atoms with Crippen molar-refractivity contribution in [3.05, 3.63) is 94.0 Å². The van der Waals surface area contributed by atoms with Gasteiger partial charge in [0.15, 0.2) is 0 Å². The molecule has 0 amide bonds. The minimum atomic E-state index is -5.08. The number of sulfone groups is 1. The topological polar surface area (TPSA) is 127 Å². The quantitative estimate of drug-likeness (QED) is 0.450. The molecule has 3 aromatic carbocycles. The fourth-order valence-corrected chi connectivity index (χ4v) is 7.10. The monoisotopic (exact) mass is 462 g/mol. The van der Waals surface area contributed by atoms with E-state index in [0.717, 1.165) is 6.07 Å². The summed E-state index contributed by atoms with van der Waals surface area (Å²) in [5.41, 5.74) is 5.85. The van der Waals surface area contributed by atoms with Gasteiger partial charge in [-0.05, 0) is 24.3 Å². The lowest BCUT2D eigenvalue weighted by molar-refractivity contribution is 0.455. The van der Waals surface area contributed by atoms with Crippen LogP contribution < -0.4 is 16.3 Å². The Labute approximate surface area is 177 Å². The second-order valence-corrected chi connectivity index (χ2v) is 10.5. The summed E-state index contributed by atoms with van der Waals surface area (Å²) in [6.45, 7) is 0. The smallest absolute Gasteiger partial charge is 0.300 e. The van der Waals surface area contributed by atoms with Gasteiger partial charge in [0.25, 0.3) is 0 Å². The number of anilines is 1. The van der Waals surface area contributed by atoms with E-state index in [1.165, 1.54) is 48.5 Å². The Hall–Kier alpha value is -2.72. The van der Waals surface area contributed by atoms with Crippen LogP contribution in [0.1, 0.15) is 5.56 Å². The Morgan fingerprint density at radius 3 is 2.17 bits per heavy atom. The number of fused-ring (bicyclic) bond motifs is 1. The van der Waals surface area contributed by atoms with Gasteiger partial charge in [-0.25, -0.2) is 13.4 Å². The van der Waals surface area contributed by atoms with Crippen LogP contribution in [0, 0.1) is 0 Å². The van der Waals surface area contributed by atoms with Gasteiger partial charge in [0.2, 0.25) is 14.7 Å². The third kappa shape index (κ3) is 2.93. The number of nitrogens with two attached hydrogens (primary N) is 1. The molecule has 0 saturated carbocycles. The minimum absolute atomic E-state index is 0.00272. The highest BCUT2D eigenvalue weighted by Gasteiger charge is 2.55. The summed E-state index contributed by atoms with van der Waals surface area (Å²) in [5, 5.41) is 0.197. The van der Waals surface area contributed by atoms with Crippen molar-refractivity contribution in [1.29, 1.82) is 0 Å². The molecule has 4 rings (SSSR count). The minimum Gasteiger partial charge on any atom is -0.398 e. The third-order valence-corrected chi connectivity index (χ3v) is 8.49. The number of benzene rings is 3. The summed E-state index contributed by atoms with van der Waals surface area (Å²) in [7, 11) is -9.57. The van der Waals surface area contributed by atoms with Crippen molar-refractivity contribution in [2.45, 2.75) is 9.77 Å². The van der Waals surface area contributed by atoms with Crippen LogP contribution in [0.3, 0.4) is 0 Å². The Kier molecular flexibility index (Phi) is 4.74. The molecule has 0 spiro atoms. The van der Waals surface area contributed by atoms with Crippen molar-refractivity contribution >= 4 is 42.1 Å². The molecule has 0 aromatic heterocycles. The van der Waals surface area contributed by atoms with Crippen LogP contribution >= 0.6 is 11.6 Å². The lowest BCUT2D eigenvalue weighted by atomic mass is 10.1. The van der Waals surface area contributed by atoms with Gasteiger partial charge >= 0.3 is 10.1 Å². The number of nitrogens with zero attached hydrogens (tertiary/aromatic N) is 1. The van der Waals surface area contributed by atoms with E-state index in [2.05, 4.69) is 4.99 Å². The average Bonchev–Trinajstić information content (AvgIpc) is 3.08. The molecular formula is C20H15ClN2O5S2. The van der Waals surface area contributed by atoms with Gasteiger partial charge in [0.1, 0.15) is 4.91 Å². The summed E-state index contributed by atoms with van der Waals surface area (Å²) in [6, 6.07) is 17.3. The second-order valence-electron chi connectivity index (χ2n) is 6.63. The van der Waals surface area contributed by atoms with E-state index in [0.29, 0.717) is 0 Å². The highest BCUT2D eigenvalue weighted by molar-refractivity contribution is 8.02. The Bertz CT molecular complexity index is 1500. The third-order valence-electron chi connectivity index (χ3n) is 4.82. The first kappa shape index (κ1) is 20.5. The Morgan fingerprint density at radius 2 is 1.53 bits per heavy atom. The normalized spacial score (nSPS) is 18.7. The molecule has 0 radical (unpaired) electrons. The van der Waals surface area contributed by atoms with Gasteiger partial charge in [-0.3, -0.25) is 4.55 Å². The molecule has 0 saturated heterocycles. The molecule has 7 nitrogen and oxygen atoms in total. The van der Waals surface area contributed by atoms with Gasteiger partial charge < -0.3 is 5.73 Å². The van der Waals surface area contributed by atoms with E-state index in [1.54, 1.807) is 18.2 Å². The summed E-state index contributed by atoms with van der Waals surface area (Å²) >= 11 is 6.02. The molecule has 3 N–H and O–H groups in total. The fraction of sp³-hybridized carbons (Fsp3) is 0.0500. The molecule has 10 heteroatoms. The fourth-order valence-electron chi connectivity index (χ4n) is 3.47. The zero-order valence-electron chi connectivity index (χ0n) is 15.2. The summed E-state index contributed by atoms with van der Waals surface area (Å²) < 4.78 is 63.3. The van der Waals surface area contributed by atoms with Crippen molar-refractivity contribution in [2.24, 2.45) is 4.99 Å². The predicted molar refractivity (Wildman–Crippen MR) is 113 cm³/mol. The van der Waals surface area contributed by atoms with Crippen LogP contribution in [0.5, 0.6) is 0 Å². The number of hydrogen-bond acceptors (Lipinski definition) is 6. The maximum atomic E-state index is 13.7. The summed E-state index contributed by atoms with van der Waals surface area (Å²) in [4.78, 5) is 0.821. The van der Waals surface area contributed by atoms with Crippen LogP contribution in [0.15, 0.2) is 82.7 Å².